The van der Waals surface area contributed by atoms with Crippen molar-refractivity contribution in [2.45, 2.75) is 13.8 Å². The van der Waals surface area contributed by atoms with Crippen LogP contribution >= 0.6 is 0 Å². The first-order valence-corrected chi connectivity index (χ1v) is 9.57. The lowest BCUT2D eigenvalue weighted by atomic mass is 10.1. The van der Waals surface area contributed by atoms with E-state index in [1.54, 1.807) is 13.3 Å². The molecule has 8 heteroatoms. The van der Waals surface area contributed by atoms with Gasteiger partial charge >= 0.3 is 0 Å². The van der Waals surface area contributed by atoms with E-state index in [1.807, 2.05) is 56.3 Å². The number of hydrogen-bond donors (Lipinski definition) is 2. The van der Waals surface area contributed by atoms with Crippen molar-refractivity contribution in [3.05, 3.63) is 64.4 Å². The third kappa shape index (κ3) is 5.38. The van der Waals surface area contributed by atoms with Crippen molar-refractivity contribution < 1.29 is 14.2 Å². The van der Waals surface area contributed by atoms with Gasteiger partial charge in [0.25, 0.3) is 5.56 Å². The molecule has 8 nitrogen and oxygen atoms in total. The van der Waals surface area contributed by atoms with Crippen LogP contribution in [0.2, 0.25) is 0 Å². The van der Waals surface area contributed by atoms with E-state index < -0.39 is 0 Å². The first kappa shape index (κ1) is 20.9. The highest BCUT2D eigenvalue weighted by molar-refractivity contribution is 5.84. The van der Waals surface area contributed by atoms with Crippen molar-refractivity contribution in [2.24, 2.45) is 5.10 Å². The summed E-state index contributed by atoms with van der Waals surface area (Å²) in [6.07, 6.45) is 1.60. The van der Waals surface area contributed by atoms with Gasteiger partial charge in [-0.25, -0.2) is 10.4 Å². The molecule has 0 radical (unpaired) electrons. The first-order chi connectivity index (χ1) is 14.6. The molecule has 0 amide bonds. The summed E-state index contributed by atoms with van der Waals surface area (Å²) >= 11 is 0. The van der Waals surface area contributed by atoms with Crippen LogP contribution in [0.1, 0.15) is 19.4 Å². The fourth-order valence-corrected chi connectivity index (χ4v) is 2.74. The second-order valence-electron chi connectivity index (χ2n) is 6.14. The largest absolute Gasteiger partial charge is 0.497 e. The standard InChI is InChI=1S/C22H24N4O4/c1-4-29-18-11-8-16(20(12-18)30-5-2)14-23-26-22-24-19(13-21(27)25-22)15-6-9-17(28-3)10-7-15/h6-14H,4-5H2,1-3H3,(H2,24,25,26,27)/b23-14-. The average Bonchev–Trinajstić information content (AvgIpc) is 2.75. The number of hydrazone groups is 1. The number of aromatic nitrogens is 2. The van der Waals surface area contributed by atoms with E-state index >= 15 is 0 Å². The Labute approximate surface area is 174 Å². The topological polar surface area (TPSA) is 97.8 Å². The maximum absolute atomic E-state index is 12.0. The highest BCUT2D eigenvalue weighted by Gasteiger charge is 2.06. The zero-order valence-electron chi connectivity index (χ0n) is 17.1. The number of H-pyrrole nitrogens is 1. The Morgan fingerprint density at radius 3 is 2.47 bits per heavy atom. The second-order valence-corrected chi connectivity index (χ2v) is 6.14. The maximum Gasteiger partial charge on any atom is 0.252 e. The second kappa shape index (κ2) is 10.1. The van der Waals surface area contributed by atoms with Crippen molar-refractivity contribution >= 4 is 12.2 Å². The van der Waals surface area contributed by atoms with Crippen LogP contribution in [0.15, 0.2) is 58.4 Å². The molecule has 2 aromatic carbocycles. The number of nitrogens with zero attached hydrogens (tertiary/aromatic N) is 2. The lowest BCUT2D eigenvalue weighted by Gasteiger charge is -2.10. The van der Waals surface area contributed by atoms with Crippen LogP contribution in [0, 0.1) is 0 Å². The Kier molecular flexibility index (Phi) is 7.05. The van der Waals surface area contributed by atoms with E-state index in [2.05, 4.69) is 20.5 Å². The van der Waals surface area contributed by atoms with Gasteiger partial charge < -0.3 is 14.2 Å². The van der Waals surface area contributed by atoms with E-state index in [-0.39, 0.29) is 11.5 Å². The molecule has 0 bridgehead atoms. The molecule has 1 aromatic heterocycles. The van der Waals surface area contributed by atoms with Crippen molar-refractivity contribution in [1.82, 2.24) is 9.97 Å². The van der Waals surface area contributed by atoms with Crippen molar-refractivity contribution in [3.8, 4) is 28.5 Å². The first-order valence-electron chi connectivity index (χ1n) is 9.57. The van der Waals surface area contributed by atoms with Crippen LogP contribution in [0.5, 0.6) is 17.2 Å². The number of methoxy groups -OCH3 is 1. The lowest BCUT2D eigenvalue weighted by molar-refractivity contribution is 0.323. The van der Waals surface area contributed by atoms with E-state index in [9.17, 15) is 4.79 Å². The number of hydrogen-bond acceptors (Lipinski definition) is 7. The summed E-state index contributed by atoms with van der Waals surface area (Å²) in [5.41, 5.74) is 4.56. The smallest absolute Gasteiger partial charge is 0.252 e. The summed E-state index contributed by atoms with van der Waals surface area (Å²) in [5, 5.41) is 4.19. The molecule has 0 spiro atoms. The van der Waals surface area contributed by atoms with Crippen LogP contribution in [0.4, 0.5) is 5.95 Å². The van der Waals surface area contributed by atoms with Gasteiger partial charge in [0.05, 0.1) is 32.2 Å². The van der Waals surface area contributed by atoms with Gasteiger partial charge in [-0.3, -0.25) is 9.78 Å². The molecule has 0 atom stereocenters. The summed E-state index contributed by atoms with van der Waals surface area (Å²) in [7, 11) is 1.60. The Hall–Kier alpha value is -3.81. The molecule has 156 valence electrons. The number of nitrogens with one attached hydrogen (secondary N) is 2. The molecule has 3 rings (SSSR count). The average molecular weight is 408 g/mol. The summed E-state index contributed by atoms with van der Waals surface area (Å²) in [6, 6.07) is 14.2. The fourth-order valence-electron chi connectivity index (χ4n) is 2.74. The number of aromatic amines is 1. The van der Waals surface area contributed by atoms with E-state index in [4.69, 9.17) is 14.2 Å². The van der Waals surface area contributed by atoms with Gasteiger partial charge in [0, 0.05) is 23.3 Å². The van der Waals surface area contributed by atoms with E-state index in [1.165, 1.54) is 6.07 Å². The molecular weight excluding hydrogens is 384 g/mol. The van der Waals surface area contributed by atoms with Crippen molar-refractivity contribution in [1.29, 1.82) is 0 Å². The van der Waals surface area contributed by atoms with Crippen LogP contribution in [0.25, 0.3) is 11.3 Å². The number of anilines is 1. The highest BCUT2D eigenvalue weighted by atomic mass is 16.5. The fraction of sp³-hybridized carbons (Fsp3) is 0.227. The SMILES string of the molecule is CCOc1ccc(/C=N\Nc2nc(-c3ccc(OC)cc3)cc(=O)[nH]2)c(OCC)c1. The van der Waals surface area contributed by atoms with Crippen LogP contribution < -0.4 is 25.2 Å². The third-order valence-electron chi connectivity index (χ3n) is 4.10. The number of rotatable bonds is 9. The molecule has 0 aliphatic carbocycles. The van der Waals surface area contributed by atoms with Crippen molar-refractivity contribution in [2.75, 3.05) is 25.7 Å². The Bertz CT molecular complexity index is 1060. The predicted octanol–water partition coefficient (Wildman–Crippen LogP) is 3.69. The number of benzene rings is 2. The molecule has 0 saturated carbocycles. The predicted molar refractivity (Wildman–Crippen MR) is 117 cm³/mol. The summed E-state index contributed by atoms with van der Waals surface area (Å²) in [5.74, 6) is 2.34. The summed E-state index contributed by atoms with van der Waals surface area (Å²) < 4.78 is 16.3. The van der Waals surface area contributed by atoms with Gasteiger partial charge in [0.2, 0.25) is 5.95 Å². The monoisotopic (exact) mass is 408 g/mol. The molecule has 1 heterocycles. The van der Waals surface area contributed by atoms with Gasteiger partial charge in [0.15, 0.2) is 0 Å². The molecule has 3 aromatic rings. The minimum absolute atomic E-state index is 0.230. The maximum atomic E-state index is 12.0. The highest BCUT2D eigenvalue weighted by Crippen LogP contribution is 2.24. The minimum Gasteiger partial charge on any atom is -0.497 e. The summed E-state index contributed by atoms with van der Waals surface area (Å²) in [4.78, 5) is 19.1. The molecule has 2 N–H and O–H groups in total. The molecule has 0 fully saturated rings. The van der Waals surface area contributed by atoms with Crippen LogP contribution in [-0.2, 0) is 0 Å². The molecule has 0 saturated heterocycles. The third-order valence-corrected chi connectivity index (χ3v) is 4.10. The molecular formula is C22H24N4O4. The lowest BCUT2D eigenvalue weighted by Crippen LogP contribution is -2.10. The van der Waals surface area contributed by atoms with Crippen molar-refractivity contribution in [3.63, 3.8) is 0 Å². The molecule has 30 heavy (non-hydrogen) atoms. The quantitative estimate of drug-likeness (QED) is 0.414. The van der Waals surface area contributed by atoms with Gasteiger partial charge in [0.1, 0.15) is 17.2 Å². The van der Waals surface area contributed by atoms with Gasteiger partial charge in [-0.15, -0.1) is 0 Å². The molecule has 0 unspecified atom stereocenters. The minimum atomic E-state index is -0.287. The normalized spacial score (nSPS) is 10.8. The van der Waals surface area contributed by atoms with Crippen LogP contribution in [-0.4, -0.2) is 36.5 Å². The summed E-state index contributed by atoms with van der Waals surface area (Å²) in [6.45, 7) is 4.92. The Morgan fingerprint density at radius 2 is 1.77 bits per heavy atom. The van der Waals surface area contributed by atoms with Crippen LogP contribution in [0.3, 0.4) is 0 Å². The Balaban J connectivity index is 1.79. The Morgan fingerprint density at radius 1 is 1.03 bits per heavy atom. The van der Waals surface area contributed by atoms with Gasteiger partial charge in [-0.1, -0.05) is 0 Å². The molecule has 0 aliphatic rings. The number of ether oxygens (including phenoxy) is 3. The zero-order valence-corrected chi connectivity index (χ0v) is 17.1. The van der Waals surface area contributed by atoms with Gasteiger partial charge in [-0.05, 0) is 50.2 Å². The zero-order chi connectivity index (χ0) is 21.3. The van der Waals surface area contributed by atoms with E-state index in [0.29, 0.717) is 24.7 Å². The van der Waals surface area contributed by atoms with Gasteiger partial charge in [-0.2, -0.15) is 5.10 Å². The van der Waals surface area contributed by atoms with E-state index in [0.717, 1.165) is 22.6 Å². The molecule has 0 aliphatic heterocycles.